The van der Waals surface area contributed by atoms with Crippen molar-refractivity contribution in [3.05, 3.63) is 66.2 Å². The summed E-state index contributed by atoms with van der Waals surface area (Å²) in [7, 11) is 1.94. The molecule has 0 bridgehead atoms. The van der Waals surface area contributed by atoms with Gasteiger partial charge in [0.05, 0.1) is 29.4 Å². The summed E-state index contributed by atoms with van der Waals surface area (Å²) in [4.78, 5) is 43.0. The van der Waals surface area contributed by atoms with E-state index in [2.05, 4.69) is 15.4 Å². The van der Waals surface area contributed by atoms with Gasteiger partial charge in [0.15, 0.2) is 0 Å². The molecule has 1 unspecified atom stereocenters. The van der Waals surface area contributed by atoms with Crippen LogP contribution >= 0.6 is 0 Å². The van der Waals surface area contributed by atoms with Gasteiger partial charge in [-0.15, -0.1) is 0 Å². The predicted molar refractivity (Wildman–Crippen MR) is 119 cm³/mol. The van der Waals surface area contributed by atoms with E-state index in [4.69, 9.17) is 0 Å². The van der Waals surface area contributed by atoms with Crippen LogP contribution in [-0.2, 0) is 23.2 Å². The van der Waals surface area contributed by atoms with Crippen LogP contribution in [0.2, 0.25) is 0 Å². The number of amides is 3. The Morgan fingerprint density at radius 2 is 1.97 bits per heavy atom. The second-order valence-electron chi connectivity index (χ2n) is 8.41. The van der Waals surface area contributed by atoms with E-state index in [1.54, 1.807) is 17.3 Å². The number of imide groups is 1. The fraction of sp³-hybridized carbons (Fsp3) is 0.208. The molecule has 9 heteroatoms. The Kier molecular flexibility index (Phi) is 4.19. The monoisotopic (exact) mass is 440 g/mol. The van der Waals surface area contributed by atoms with Crippen LogP contribution in [-0.4, -0.2) is 47.8 Å². The molecule has 0 spiro atoms. The van der Waals surface area contributed by atoms with Crippen molar-refractivity contribution in [2.45, 2.75) is 25.4 Å². The van der Waals surface area contributed by atoms with Crippen molar-refractivity contribution in [3.8, 4) is 22.5 Å². The van der Waals surface area contributed by atoms with E-state index in [0.29, 0.717) is 18.5 Å². The van der Waals surface area contributed by atoms with Gasteiger partial charge in [-0.05, 0) is 36.2 Å². The van der Waals surface area contributed by atoms with Crippen LogP contribution in [0.1, 0.15) is 28.8 Å². The summed E-state index contributed by atoms with van der Waals surface area (Å²) in [6, 6.07) is 10.9. The summed E-state index contributed by atoms with van der Waals surface area (Å²) < 4.78 is 3.79. The lowest BCUT2D eigenvalue weighted by atomic mass is 10.0. The summed E-state index contributed by atoms with van der Waals surface area (Å²) >= 11 is 0. The van der Waals surface area contributed by atoms with E-state index in [9.17, 15) is 14.4 Å². The first-order valence-electron chi connectivity index (χ1n) is 10.7. The van der Waals surface area contributed by atoms with Gasteiger partial charge in [-0.1, -0.05) is 12.1 Å². The summed E-state index contributed by atoms with van der Waals surface area (Å²) in [5.74, 6) is -0.888. The smallest absolute Gasteiger partial charge is 0.255 e. The van der Waals surface area contributed by atoms with Crippen molar-refractivity contribution in [1.82, 2.24) is 29.4 Å². The van der Waals surface area contributed by atoms with Gasteiger partial charge >= 0.3 is 0 Å². The number of nitrogens with one attached hydrogen (secondary N) is 1. The second kappa shape index (κ2) is 7.13. The van der Waals surface area contributed by atoms with Gasteiger partial charge in [-0.3, -0.25) is 19.7 Å². The summed E-state index contributed by atoms with van der Waals surface area (Å²) in [5.41, 5.74) is 5.98. The molecule has 0 aliphatic carbocycles. The lowest BCUT2D eigenvalue weighted by Gasteiger charge is -2.29. The standard InChI is InChI=1S/C24H20N6O3/c1-28-13-25-21(22(28)17-11-26-30-9-3-2-4-18(17)30)14-5-6-16-15(10-14)12-29(24(16)33)19-7-8-20(31)27-23(19)32/h2-6,9-11,13,19H,7-8,12H2,1H3,(H,27,31,32). The molecule has 1 atom stereocenters. The number of nitrogens with zero attached hydrogens (tertiary/aromatic N) is 5. The maximum absolute atomic E-state index is 13.0. The molecule has 164 valence electrons. The summed E-state index contributed by atoms with van der Waals surface area (Å²) in [5, 5.41) is 6.79. The highest BCUT2D eigenvalue weighted by atomic mass is 16.2. The minimum Gasteiger partial charge on any atom is -0.333 e. The van der Waals surface area contributed by atoms with Crippen LogP contribution in [0.3, 0.4) is 0 Å². The lowest BCUT2D eigenvalue weighted by Crippen LogP contribution is -2.52. The number of carbonyl (C=O) groups excluding carboxylic acids is 3. The molecule has 0 radical (unpaired) electrons. The van der Waals surface area contributed by atoms with Crippen LogP contribution in [0.25, 0.3) is 28.0 Å². The number of aryl methyl sites for hydroxylation is 1. The van der Waals surface area contributed by atoms with E-state index in [-0.39, 0.29) is 18.2 Å². The highest BCUT2D eigenvalue weighted by Gasteiger charge is 2.39. The molecule has 33 heavy (non-hydrogen) atoms. The van der Waals surface area contributed by atoms with Gasteiger partial charge in [0, 0.05) is 42.9 Å². The van der Waals surface area contributed by atoms with Gasteiger partial charge in [-0.25, -0.2) is 9.50 Å². The van der Waals surface area contributed by atoms with Crippen LogP contribution in [0.4, 0.5) is 0 Å². The quantitative estimate of drug-likeness (QED) is 0.492. The Bertz CT molecular complexity index is 1470. The molecule has 0 saturated carbocycles. The second-order valence-corrected chi connectivity index (χ2v) is 8.41. The SMILES string of the molecule is Cn1cnc(-c2ccc3c(c2)CN(C2CCC(=O)NC2=O)C3=O)c1-c1cnn2ccccc12. The average Bonchev–Trinajstić information content (AvgIpc) is 3.49. The van der Waals surface area contributed by atoms with E-state index in [0.717, 1.165) is 33.6 Å². The molecule has 1 saturated heterocycles. The molecule has 3 amide bonds. The lowest BCUT2D eigenvalue weighted by molar-refractivity contribution is -0.136. The minimum absolute atomic E-state index is 0.185. The zero-order valence-corrected chi connectivity index (χ0v) is 17.9. The number of fused-ring (bicyclic) bond motifs is 2. The largest absolute Gasteiger partial charge is 0.333 e. The van der Waals surface area contributed by atoms with E-state index < -0.39 is 11.9 Å². The van der Waals surface area contributed by atoms with Crippen LogP contribution in [0, 0.1) is 0 Å². The predicted octanol–water partition coefficient (Wildman–Crippen LogP) is 2.16. The number of carbonyl (C=O) groups is 3. The fourth-order valence-electron chi connectivity index (χ4n) is 4.80. The molecule has 9 nitrogen and oxygen atoms in total. The van der Waals surface area contributed by atoms with Gasteiger partial charge in [0.2, 0.25) is 11.8 Å². The first-order chi connectivity index (χ1) is 16.0. The number of imidazole rings is 1. The molecule has 1 fully saturated rings. The van der Waals surface area contributed by atoms with Crippen LogP contribution < -0.4 is 5.32 Å². The van der Waals surface area contributed by atoms with Crippen molar-refractivity contribution in [1.29, 1.82) is 0 Å². The Hall–Kier alpha value is -4.27. The topological polar surface area (TPSA) is 102 Å². The van der Waals surface area contributed by atoms with Crippen LogP contribution in [0.5, 0.6) is 0 Å². The Balaban J connectivity index is 1.38. The zero-order chi connectivity index (χ0) is 22.7. The van der Waals surface area contributed by atoms with Crippen molar-refractivity contribution in [3.63, 3.8) is 0 Å². The molecular formula is C24H20N6O3. The maximum Gasteiger partial charge on any atom is 0.255 e. The highest BCUT2D eigenvalue weighted by Crippen LogP contribution is 2.36. The Morgan fingerprint density at radius 3 is 2.82 bits per heavy atom. The van der Waals surface area contributed by atoms with Crippen molar-refractivity contribution in [2.24, 2.45) is 7.05 Å². The highest BCUT2D eigenvalue weighted by molar-refractivity contribution is 6.05. The average molecular weight is 440 g/mol. The van der Waals surface area contributed by atoms with Crippen molar-refractivity contribution < 1.29 is 14.4 Å². The number of benzene rings is 1. The van der Waals surface area contributed by atoms with Crippen molar-refractivity contribution >= 4 is 23.2 Å². The van der Waals surface area contributed by atoms with E-state index >= 15 is 0 Å². The van der Waals surface area contributed by atoms with Gasteiger partial charge < -0.3 is 9.47 Å². The molecular weight excluding hydrogens is 420 g/mol. The first-order valence-corrected chi connectivity index (χ1v) is 10.7. The minimum atomic E-state index is -0.629. The number of rotatable bonds is 3. The number of hydrogen-bond acceptors (Lipinski definition) is 5. The molecule has 1 N–H and O–H groups in total. The van der Waals surface area contributed by atoms with Gasteiger partial charge in [0.25, 0.3) is 5.91 Å². The van der Waals surface area contributed by atoms with E-state index in [1.807, 2.05) is 58.9 Å². The Labute approximate surface area is 188 Å². The maximum atomic E-state index is 13.0. The van der Waals surface area contributed by atoms with Crippen LogP contribution in [0.15, 0.2) is 55.1 Å². The Morgan fingerprint density at radius 1 is 1.09 bits per heavy atom. The molecule has 4 aromatic rings. The summed E-state index contributed by atoms with van der Waals surface area (Å²) in [6.45, 7) is 0.327. The third-order valence-electron chi connectivity index (χ3n) is 6.42. The number of piperidine rings is 1. The third-order valence-corrected chi connectivity index (χ3v) is 6.42. The molecule has 2 aliphatic heterocycles. The number of hydrogen-bond donors (Lipinski definition) is 1. The third kappa shape index (κ3) is 2.96. The normalized spacial score (nSPS) is 18.2. The van der Waals surface area contributed by atoms with Gasteiger partial charge in [-0.2, -0.15) is 5.10 Å². The number of pyridine rings is 1. The first kappa shape index (κ1) is 19.4. The van der Waals surface area contributed by atoms with Crippen molar-refractivity contribution in [2.75, 3.05) is 0 Å². The molecule has 6 rings (SSSR count). The zero-order valence-electron chi connectivity index (χ0n) is 17.9. The molecule has 3 aromatic heterocycles. The number of aromatic nitrogens is 4. The van der Waals surface area contributed by atoms with Gasteiger partial charge in [0.1, 0.15) is 6.04 Å². The van der Waals surface area contributed by atoms with E-state index in [1.165, 1.54) is 0 Å². The molecule has 2 aliphatic rings. The fourth-order valence-corrected chi connectivity index (χ4v) is 4.80. The summed E-state index contributed by atoms with van der Waals surface area (Å²) in [6.07, 6.45) is 6.08. The molecule has 1 aromatic carbocycles. The molecule has 5 heterocycles.